The fraction of sp³-hybridized carbons (Fsp3) is 0.643. The van der Waals surface area contributed by atoms with E-state index in [4.69, 9.17) is 4.74 Å². The molecule has 7 nitrogen and oxygen atoms in total. The van der Waals surface area contributed by atoms with E-state index in [1.807, 2.05) is 0 Å². The fourth-order valence-electron chi connectivity index (χ4n) is 2.32. The van der Waals surface area contributed by atoms with E-state index in [2.05, 4.69) is 11.9 Å². The van der Waals surface area contributed by atoms with Gasteiger partial charge in [0.25, 0.3) is 11.6 Å². The van der Waals surface area contributed by atoms with E-state index in [-0.39, 0.29) is 11.2 Å². The van der Waals surface area contributed by atoms with Crippen LogP contribution in [-0.4, -0.2) is 25.3 Å². The quantitative estimate of drug-likeness (QED) is 0.743. The average molecular weight is 294 g/mol. The molecule has 0 saturated carbocycles. The zero-order valence-electron chi connectivity index (χ0n) is 13.0. The van der Waals surface area contributed by atoms with Gasteiger partial charge in [0.2, 0.25) is 0 Å². The van der Waals surface area contributed by atoms with E-state index in [1.165, 1.54) is 24.5 Å². The first-order valence-electron chi connectivity index (χ1n) is 7.24. The predicted octanol–water partition coefficient (Wildman–Crippen LogP) is 0.930. The Bertz CT molecular complexity index is 754. The van der Waals surface area contributed by atoms with Gasteiger partial charge in [-0.25, -0.2) is 4.79 Å². The molecule has 0 fully saturated rings. The van der Waals surface area contributed by atoms with Gasteiger partial charge >= 0.3 is 5.69 Å². The molecule has 0 aliphatic rings. The van der Waals surface area contributed by atoms with Gasteiger partial charge < -0.3 is 4.74 Å². The molecule has 0 aliphatic heterocycles. The highest BCUT2D eigenvalue weighted by atomic mass is 16.5. The number of unbranched alkanes of at least 4 members (excludes halogenated alkanes) is 3. The summed E-state index contributed by atoms with van der Waals surface area (Å²) in [4.78, 5) is 28.4. The zero-order valence-corrected chi connectivity index (χ0v) is 13.0. The summed E-state index contributed by atoms with van der Waals surface area (Å²) in [6.07, 6.45) is 4.42. The van der Waals surface area contributed by atoms with Crippen molar-refractivity contribution in [3.8, 4) is 6.01 Å². The standard InChI is InChI=1S/C14H22N4O3/c1-5-6-7-8-9-21-13-15-11-10(16(13)2)12(19)18(4)14(20)17(11)3/h5-9H2,1-4H3. The Labute approximate surface area is 122 Å². The molecule has 2 heterocycles. The molecule has 7 heteroatoms. The minimum Gasteiger partial charge on any atom is -0.465 e. The molecule has 2 rings (SSSR count). The number of aryl methyl sites for hydroxylation is 2. The largest absolute Gasteiger partial charge is 0.465 e. The van der Waals surface area contributed by atoms with Crippen LogP contribution in [0.4, 0.5) is 0 Å². The van der Waals surface area contributed by atoms with Crippen LogP contribution >= 0.6 is 0 Å². The number of hydrogen-bond acceptors (Lipinski definition) is 4. The number of imidazole rings is 1. The molecular weight excluding hydrogens is 272 g/mol. The third-order valence-corrected chi connectivity index (χ3v) is 3.66. The average Bonchev–Trinajstić information content (AvgIpc) is 2.80. The van der Waals surface area contributed by atoms with Crippen molar-refractivity contribution in [1.29, 1.82) is 0 Å². The molecule has 0 N–H and O–H groups in total. The van der Waals surface area contributed by atoms with E-state index in [9.17, 15) is 9.59 Å². The third kappa shape index (κ3) is 2.72. The number of hydrogen-bond donors (Lipinski definition) is 0. The lowest BCUT2D eigenvalue weighted by Crippen LogP contribution is -2.37. The van der Waals surface area contributed by atoms with Gasteiger partial charge in [0.15, 0.2) is 11.2 Å². The molecular formula is C14H22N4O3. The molecule has 0 spiro atoms. The van der Waals surface area contributed by atoms with Gasteiger partial charge in [-0.05, 0) is 6.42 Å². The van der Waals surface area contributed by atoms with Crippen LogP contribution in [0.3, 0.4) is 0 Å². The fourth-order valence-corrected chi connectivity index (χ4v) is 2.32. The summed E-state index contributed by atoms with van der Waals surface area (Å²) in [7, 11) is 4.78. The Kier molecular flexibility index (Phi) is 4.50. The first kappa shape index (κ1) is 15.3. The highest BCUT2D eigenvalue weighted by Gasteiger charge is 2.17. The van der Waals surface area contributed by atoms with E-state index < -0.39 is 0 Å². The maximum Gasteiger partial charge on any atom is 0.332 e. The summed E-state index contributed by atoms with van der Waals surface area (Å²) in [6, 6.07) is 0.375. The highest BCUT2D eigenvalue weighted by molar-refractivity contribution is 5.71. The van der Waals surface area contributed by atoms with Crippen LogP contribution in [0.5, 0.6) is 6.01 Å². The van der Waals surface area contributed by atoms with E-state index in [1.54, 1.807) is 18.7 Å². The molecule has 0 atom stereocenters. The lowest BCUT2D eigenvalue weighted by atomic mass is 10.2. The van der Waals surface area contributed by atoms with Crippen LogP contribution in [0, 0.1) is 0 Å². The van der Waals surface area contributed by atoms with Crippen LogP contribution < -0.4 is 16.0 Å². The van der Waals surface area contributed by atoms with Gasteiger partial charge in [-0.15, -0.1) is 0 Å². The number of nitrogens with zero attached hydrogens (tertiary/aromatic N) is 4. The maximum atomic E-state index is 12.2. The molecule has 0 radical (unpaired) electrons. The van der Waals surface area contributed by atoms with Crippen molar-refractivity contribution in [3.05, 3.63) is 20.8 Å². The number of rotatable bonds is 6. The van der Waals surface area contributed by atoms with E-state index in [0.717, 1.165) is 17.4 Å². The van der Waals surface area contributed by atoms with Crippen molar-refractivity contribution in [2.24, 2.45) is 21.1 Å². The van der Waals surface area contributed by atoms with Crippen molar-refractivity contribution >= 4 is 11.2 Å². The summed E-state index contributed by atoms with van der Waals surface area (Å²) in [6.45, 7) is 2.72. The van der Waals surface area contributed by atoms with Crippen LogP contribution in [-0.2, 0) is 21.1 Å². The van der Waals surface area contributed by atoms with E-state index >= 15 is 0 Å². The number of aromatic nitrogens is 4. The topological polar surface area (TPSA) is 71.1 Å². The molecule has 116 valence electrons. The molecule has 2 aromatic heterocycles. The molecule has 0 aliphatic carbocycles. The van der Waals surface area contributed by atoms with Crippen molar-refractivity contribution in [1.82, 2.24) is 18.7 Å². The van der Waals surface area contributed by atoms with Crippen LogP contribution in [0.25, 0.3) is 11.2 Å². The SMILES string of the molecule is CCCCCCOc1nc2c(c(=O)n(C)c(=O)n2C)n1C. The molecule has 0 saturated heterocycles. The van der Waals surface area contributed by atoms with Gasteiger partial charge in [-0.1, -0.05) is 26.2 Å². The first-order chi connectivity index (χ1) is 9.99. The van der Waals surface area contributed by atoms with Gasteiger partial charge in [-0.2, -0.15) is 4.98 Å². The Morgan fingerprint density at radius 2 is 1.71 bits per heavy atom. The predicted molar refractivity (Wildman–Crippen MR) is 80.8 cm³/mol. The van der Waals surface area contributed by atoms with Crippen molar-refractivity contribution < 1.29 is 4.74 Å². The summed E-state index contributed by atoms with van der Waals surface area (Å²) in [5.41, 5.74) is -0.0126. The Balaban J connectivity index is 2.34. The Morgan fingerprint density at radius 3 is 2.38 bits per heavy atom. The second-order valence-electron chi connectivity index (χ2n) is 5.24. The third-order valence-electron chi connectivity index (χ3n) is 3.66. The lowest BCUT2D eigenvalue weighted by Gasteiger charge is -2.05. The summed E-state index contributed by atoms with van der Waals surface area (Å²) in [5, 5.41) is 0. The molecule has 0 unspecified atom stereocenters. The number of fused-ring (bicyclic) bond motifs is 1. The highest BCUT2D eigenvalue weighted by Crippen LogP contribution is 2.15. The van der Waals surface area contributed by atoms with E-state index in [0.29, 0.717) is 23.8 Å². The van der Waals surface area contributed by atoms with Crippen molar-refractivity contribution in [2.45, 2.75) is 32.6 Å². The number of ether oxygens (including phenoxy) is 1. The molecule has 21 heavy (non-hydrogen) atoms. The van der Waals surface area contributed by atoms with Gasteiger partial charge in [-0.3, -0.25) is 18.5 Å². The molecule has 0 amide bonds. The normalized spacial score (nSPS) is 11.2. The minimum atomic E-state index is -0.389. The second kappa shape index (κ2) is 6.15. The van der Waals surface area contributed by atoms with Crippen LogP contribution in [0.15, 0.2) is 9.59 Å². The lowest BCUT2D eigenvalue weighted by molar-refractivity contribution is 0.274. The zero-order chi connectivity index (χ0) is 15.6. The summed E-state index contributed by atoms with van der Waals surface area (Å²) >= 11 is 0. The summed E-state index contributed by atoms with van der Waals surface area (Å²) < 4.78 is 9.69. The van der Waals surface area contributed by atoms with Crippen molar-refractivity contribution in [2.75, 3.05) is 6.61 Å². The minimum absolute atomic E-state index is 0.356. The summed E-state index contributed by atoms with van der Waals surface area (Å²) in [5.74, 6) is 0. The smallest absolute Gasteiger partial charge is 0.332 e. The molecule has 0 bridgehead atoms. The molecule has 2 aromatic rings. The van der Waals surface area contributed by atoms with Gasteiger partial charge in [0.1, 0.15) is 0 Å². The van der Waals surface area contributed by atoms with Crippen LogP contribution in [0.2, 0.25) is 0 Å². The van der Waals surface area contributed by atoms with Crippen LogP contribution in [0.1, 0.15) is 32.6 Å². The first-order valence-corrected chi connectivity index (χ1v) is 7.24. The van der Waals surface area contributed by atoms with Crippen molar-refractivity contribution in [3.63, 3.8) is 0 Å². The van der Waals surface area contributed by atoms with Gasteiger partial charge in [0.05, 0.1) is 6.61 Å². The monoisotopic (exact) mass is 294 g/mol. The second-order valence-corrected chi connectivity index (χ2v) is 5.24. The maximum absolute atomic E-state index is 12.2. The Morgan fingerprint density at radius 1 is 1.00 bits per heavy atom. The Hall–Kier alpha value is -2.05. The molecule has 0 aromatic carbocycles. The van der Waals surface area contributed by atoms with Gasteiger partial charge in [0, 0.05) is 21.1 Å².